The topological polar surface area (TPSA) is 9.23 Å². The van der Waals surface area contributed by atoms with Crippen LogP contribution in [0, 0.1) is 12.7 Å². The normalized spacial score (nSPS) is 9.58. The maximum absolute atomic E-state index is 14.0. The summed E-state index contributed by atoms with van der Waals surface area (Å²) in [6.45, 7) is 5.86. The van der Waals surface area contributed by atoms with E-state index in [4.69, 9.17) is 4.74 Å². The lowest BCUT2D eigenvalue weighted by Crippen LogP contribution is -1.92. The second-order valence-corrected chi connectivity index (χ2v) is 4.66. The average Bonchev–Trinajstić information content (AvgIpc) is 2.40. The number of aryl methyl sites for hydroxylation is 1. The predicted octanol–water partition coefficient (Wildman–Crippen LogP) is 5.60. The van der Waals surface area contributed by atoms with Crippen LogP contribution in [0.2, 0.25) is 0 Å². The van der Waals surface area contributed by atoms with E-state index in [2.05, 4.69) is 15.9 Å². The summed E-state index contributed by atoms with van der Waals surface area (Å²) in [5.41, 5.74) is 2.17. The minimum atomic E-state index is -0.249. The van der Waals surface area contributed by atoms with Gasteiger partial charge in [-0.2, -0.15) is 0 Å². The molecule has 0 aromatic heterocycles. The molecule has 0 aliphatic carbocycles. The first-order chi connectivity index (χ1) is 9.13. The third-order valence-electron chi connectivity index (χ3n) is 2.56. The highest BCUT2D eigenvalue weighted by Gasteiger charge is 2.14. The molecule has 3 heteroatoms. The second-order valence-electron chi connectivity index (χ2n) is 3.80. The van der Waals surface area contributed by atoms with Crippen molar-refractivity contribution < 1.29 is 9.13 Å². The molecule has 0 saturated carbocycles. The zero-order valence-corrected chi connectivity index (χ0v) is 13.2. The maximum Gasteiger partial charge on any atom is 0.132 e. The summed E-state index contributed by atoms with van der Waals surface area (Å²) < 4.78 is 20.0. The minimum Gasteiger partial charge on any atom is -0.496 e. The molecule has 19 heavy (non-hydrogen) atoms. The monoisotopic (exact) mass is 324 g/mol. The molecule has 0 saturated heterocycles. The van der Waals surface area contributed by atoms with E-state index in [0.717, 1.165) is 15.6 Å². The van der Waals surface area contributed by atoms with E-state index in [0.29, 0.717) is 11.3 Å². The zero-order valence-electron chi connectivity index (χ0n) is 11.6. The number of hydrogen-bond acceptors (Lipinski definition) is 1. The molecule has 0 spiro atoms. The van der Waals surface area contributed by atoms with Crippen molar-refractivity contribution in [1.29, 1.82) is 0 Å². The summed E-state index contributed by atoms with van der Waals surface area (Å²) in [5, 5.41) is 0. The van der Waals surface area contributed by atoms with E-state index in [9.17, 15) is 4.39 Å². The Morgan fingerprint density at radius 2 is 1.74 bits per heavy atom. The van der Waals surface area contributed by atoms with Crippen LogP contribution in [0.1, 0.15) is 19.4 Å². The van der Waals surface area contributed by atoms with Gasteiger partial charge in [-0.15, -0.1) is 0 Å². The van der Waals surface area contributed by atoms with Crippen molar-refractivity contribution in [3.05, 3.63) is 52.3 Å². The summed E-state index contributed by atoms with van der Waals surface area (Å²) in [6.07, 6.45) is 0. The minimum absolute atomic E-state index is 0.249. The van der Waals surface area contributed by atoms with Crippen LogP contribution < -0.4 is 4.74 Å². The quantitative estimate of drug-likeness (QED) is 0.698. The van der Waals surface area contributed by atoms with Crippen molar-refractivity contribution >= 4 is 15.9 Å². The Morgan fingerprint density at radius 1 is 1.11 bits per heavy atom. The van der Waals surface area contributed by atoms with Crippen LogP contribution >= 0.6 is 15.9 Å². The Labute approximate surface area is 122 Å². The molecule has 0 heterocycles. The van der Waals surface area contributed by atoms with Crippen molar-refractivity contribution in [2.24, 2.45) is 0 Å². The highest BCUT2D eigenvalue weighted by molar-refractivity contribution is 9.10. The Kier molecular flexibility index (Phi) is 6.03. The standard InChI is InChI=1S/C14H12BrFO.C2H6/c1-9-7-11(15)14(12(16)8-9)10-5-3-4-6-13(10)17-2;1-2/h3-8H,1-2H3;1-2H3. The van der Waals surface area contributed by atoms with E-state index in [-0.39, 0.29) is 5.82 Å². The first kappa shape index (κ1) is 15.7. The summed E-state index contributed by atoms with van der Waals surface area (Å²) >= 11 is 3.40. The summed E-state index contributed by atoms with van der Waals surface area (Å²) in [6, 6.07) is 10.8. The van der Waals surface area contributed by atoms with Crippen LogP contribution in [0.4, 0.5) is 4.39 Å². The van der Waals surface area contributed by atoms with Gasteiger partial charge in [0.1, 0.15) is 11.6 Å². The van der Waals surface area contributed by atoms with E-state index < -0.39 is 0 Å². The van der Waals surface area contributed by atoms with Gasteiger partial charge in [-0.05, 0) is 30.7 Å². The number of hydrogen-bond donors (Lipinski definition) is 0. The van der Waals surface area contributed by atoms with Crippen molar-refractivity contribution in [3.63, 3.8) is 0 Å². The molecule has 0 fully saturated rings. The molecular formula is C16H18BrFO. The van der Waals surface area contributed by atoms with Crippen LogP contribution in [0.25, 0.3) is 11.1 Å². The highest BCUT2D eigenvalue weighted by Crippen LogP contribution is 2.37. The summed E-state index contributed by atoms with van der Waals surface area (Å²) in [4.78, 5) is 0. The Hall–Kier alpha value is -1.35. The molecular weight excluding hydrogens is 307 g/mol. The van der Waals surface area contributed by atoms with E-state index in [1.54, 1.807) is 7.11 Å². The number of ether oxygens (including phenoxy) is 1. The lowest BCUT2D eigenvalue weighted by atomic mass is 10.0. The third kappa shape index (κ3) is 3.57. The molecule has 102 valence electrons. The fraction of sp³-hybridized carbons (Fsp3) is 0.250. The predicted molar refractivity (Wildman–Crippen MR) is 82.2 cm³/mol. The molecule has 0 amide bonds. The summed E-state index contributed by atoms with van der Waals surface area (Å²) in [7, 11) is 1.58. The van der Waals surface area contributed by atoms with Gasteiger partial charge in [0, 0.05) is 15.6 Å². The van der Waals surface area contributed by atoms with Crippen LogP contribution in [0.5, 0.6) is 5.75 Å². The third-order valence-corrected chi connectivity index (χ3v) is 3.19. The van der Waals surface area contributed by atoms with Crippen LogP contribution in [-0.2, 0) is 0 Å². The van der Waals surface area contributed by atoms with Crippen molar-refractivity contribution in [2.45, 2.75) is 20.8 Å². The number of benzene rings is 2. The number of methoxy groups -OCH3 is 1. The van der Waals surface area contributed by atoms with E-state index in [1.807, 2.05) is 51.1 Å². The molecule has 0 aliphatic rings. The molecule has 1 nitrogen and oxygen atoms in total. The molecule has 2 rings (SSSR count). The summed E-state index contributed by atoms with van der Waals surface area (Å²) in [5.74, 6) is 0.414. The molecule has 2 aromatic carbocycles. The van der Waals surface area contributed by atoms with Gasteiger partial charge in [0.05, 0.1) is 7.11 Å². The molecule has 0 aliphatic heterocycles. The van der Waals surface area contributed by atoms with Crippen molar-refractivity contribution in [3.8, 4) is 16.9 Å². The van der Waals surface area contributed by atoms with Gasteiger partial charge in [0.15, 0.2) is 0 Å². The molecule has 0 atom stereocenters. The molecule has 0 unspecified atom stereocenters. The lowest BCUT2D eigenvalue weighted by molar-refractivity contribution is 0.416. The average molecular weight is 325 g/mol. The van der Waals surface area contributed by atoms with Gasteiger partial charge in [0.2, 0.25) is 0 Å². The molecule has 2 aromatic rings. The Morgan fingerprint density at radius 3 is 2.32 bits per heavy atom. The fourth-order valence-corrected chi connectivity index (χ4v) is 2.57. The SMILES string of the molecule is CC.COc1ccccc1-c1c(F)cc(C)cc1Br. The molecule has 0 bridgehead atoms. The van der Waals surface area contributed by atoms with Crippen LogP contribution in [0.15, 0.2) is 40.9 Å². The first-order valence-electron chi connectivity index (χ1n) is 6.22. The van der Waals surface area contributed by atoms with E-state index >= 15 is 0 Å². The van der Waals surface area contributed by atoms with Gasteiger partial charge in [-0.1, -0.05) is 48.0 Å². The zero-order chi connectivity index (χ0) is 14.4. The first-order valence-corrected chi connectivity index (χ1v) is 7.02. The number of para-hydroxylation sites is 1. The number of rotatable bonds is 2. The van der Waals surface area contributed by atoms with E-state index in [1.165, 1.54) is 6.07 Å². The van der Waals surface area contributed by atoms with Crippen molar-refractivity contribution in [1.82, 2.24) is 0 Å². The maximum atomic E-state index is 14.0. The van der Waals surface area contributed by atoms with Gasteiger partial charge >= 0.3 is 0 Å². The Balaban J connectivity index is 0.000000861. The van der Waals surface area contributed by atoms with Gasteiger partial charge in [-0.25, -0.2) is 4.39 Å². The van der Waals surface area contributed by atoms with Crippen LogP contribution in [-0.4, -0.2) is 7.11 Å². The molecule has 0 N–H and O–H groups in total. The lowest BCUT2D eigenvalue weighted by Gasteiger charge is -2.11. The number of halogens is 2. The second kappa shape index (κ2) is 7.29. The van der Waals surface area contributed by atoms with Gasteiger partial charge in [0.25, 0.3) is 0 Å². The Bertz CT molecular complexity index is 529. The highest BCUT2D eigenvalue weighted by atomic mass is 79.9. The molecule has 0 radical (unpaired) electrons. The van der Waals surface area contributed by atoms with Crippen LogP contribution in [0.3, 0.4) is 0 Å². The van der Waals surface area contributed by atoms with Gasteiger partial charge < -0.3 is 4.74 Å². The van der Waals surface area contributed by atoms with Crippen molar-refractivity contribution in [2.75, 3.05) is 7.11 Å². The largest absolute Gasteiger partial charge is 0.496 e. The van der Waals surface area contributed by atoms with Gasteiger partial charge in [-0.3, -0.25) is 0 Å². The fourth-order valence-electron chi connectivity index (χ4n) is 1.81. The smallest absolute Gasteiger partial charge is 0.132 e.